The van der Waals surface area contributed by atoms with E-state index in [0.717, 1.165) is 0 Å². The van der Waals surface area contributed by atoms with Gasteiger partial charge in [0, 0.05) is 27.8 Å². The quantitative estimate of drug-likeness (QED) is 0.799. The second-order valence-electron chi connectivity index (χ2n) is 5.23. The normalized spacial score (nSPS) is 8.08. The Labute approximate surface area is 151 Å². The molecule has 0 aliphatic rings. The average molecular weight is 343 g/mol. The summed E-state index contributed by atoms with van der Waals surface area (Å²) in [6.45, 7) is 8.14. The third-order valence-corrected chi connectivity index (χ3v) is 2.73. The molecular formula is C21H29NO3. The molecule has 0 saturated carbocycles. The highest BCUT2D eigenvalue weighted by molar-refractivity contribution is 6.35. The molecule has 136 valence electrons. The third-order valence-electron chi connectivity index (χ3n) is 2.73. The summed E-state index contributed by atoms with van der Waals surface area (Å²) in [5.74, 6) is -0.755. The molecule has 1 N–H and O–H groups in total. The maximum Gasteiger partial charge on any atom is 0.216 e. The first-order chi connectivity index (χ1) is 11.7. The van der Waals surface area contributed by atoms with Crippen LogP contribution in [-0.4, -0.2) is 24.5 Å². The predicted molar refractivity (Wildman–Crippen MR) is 103 cm³/mol. The SMILES string of the molecule is CC(=O)C(C)=O.CNC(C)=O.Cc1ccccc1.Cc1ccccc1. The van der Waals surface area contributed by atoms with Crippen LogP contribution in [0.5, 0.6) is 0 Å². The monoisotopic (exact) mass is 343 g/mol. The van der Waals surface area contributed by atoms with Crippen molar-refractivity contribution in [3.63, 3.8) is 0 Å². The van der Waals surface area contributed by atoms with E-state index in [1.807, 2.05) is 36.4 Å². The number of amides is 1. The van der Waals surface area contributed by atoms with Crippen molar-refractivity contribution < 1.29 is 14.4 Å². The van der Waals surface area contributed by atoms with Gasteiger partial charge in [-0.3, -0.25) is 14.4 Å². The van der Waals surface area contributed by atoms with E-state index in [9.17, 15) is 14.4 Å². The molecule has 4 nitrogen and oxygen atoms in total. The number of carbonyl (C=O) groups is 3. The van der Waals surface area contributed by atoms with Crippen LogP contribution in [0.2, 0.25) is 0 Å². The molecule has 2 aromatic carbocycles. The molecular weight excluding hydrogens is 314 g/mol. The van der Waals surface area contributed by atoms with Gasteiger partial charge in [0.25, 0.3) is 0 Å². The van der Waals surface area contributed by atoms with Crippen LogP contribution in [0.25, 0.3) is 0 Å². The van der Waals surface area contributed by atoms with E-state index in [2.05, 4.69) is 43.4 Å². The van der Waals surface area contributed by atoms with Crippen molar-refractivity contribution >= 4 is 17.5 Å². The lowest BCUT2D eigenvalue weighted by Gasteiger charge is -1.82. The maximum absolute atomic E-state index is 9.79. The number of benzene rings is 2. The van der Waals surface area contributed by atoms with Gasteiger partial charge >= 0.3 is 0 Å². The highest BCUT2D eigenvalue weighted by Crippen LogP contribution is 1.92. The molecule has 2 rings (SSSR count). The number of carbonyl (C=O) groups excluding carboxylic acids is 3. The Kier molecular flexibility index (Phi) is 15.8. The van der Waals surface area contributed by atoms with Crippen molar-refractivity contribution in [2.24, 2.45) is 0 Å². The number of nitrogens with one attached hydrogen (secondary N) is 1. The van der Waals surface area contributed by atoms with Crippen molar-refractivity contribution in [1.82, 2.24) is 5.32 Å². The average Bonchev–Trinajstić information content (AvgIpc) is 2.58. The first kappa shape index (κ1) is 24.5. The summed E-state index contributed by atoms with van der Waals surface area (Å²) in [4.78, 5) is 29.3. The fourth-order valence-electron chi connectivity index (χ4n) is 1.07. The fourth-order valence-corrected chi connectivity index (χ4v) is 1.07. The van der Waals surface area contributed by atoms with E-state index in [4.69, 9.17) is 0 Å². The zero-order valence-corrected chi connectivity index (χ0v) is 16.0. The summed E-state index contributed by atoms with van der Waals surface area (Å²) < 4.78 is 0. The lowest BCUT2D eigenvalue weighted by Crippen LogP contribution is -2.11. The molecule has 25 heavy (non-hydrogen) atoms. The van der Waals surface area contributed by atoms with Gasteiger partial charge in [-0.25, -0.2) is 0 Å². The highest BCUT2D eigenvalue weighted by atomic mass is 16.2. The summed E-state index contributed by atoms with van der Waals surface area (Å²) in [6.07, 6.45) is 0. The zero-order valence-electron chi connectivity index (χ0n) is 16.0. The van der Waals surface area contributed by atoms with Gasteiger partial charge in [0.1, 0.15) is 0 Å². The van der Waals surface area contributed by atoms with Crippen molar-refractivity contribution in [2.75, 3.05) is 7.05 Å². The number of Topliss-reactive ketones (excluding diaryl/α,β-unsaturated/α-hetero) is 2. The van der Waals surface area contributed by atoms with Crippen molar-refractivity contribution in [3.8, 4) is 0 Å². The Morgan fingerprint density at radius 2 is 0.880 bits per heavy atom. The predicted octanol–water partition coefficient (Wildman–Crippen LogP) is 3.91. The molecule has 0 atom stereocenters. The van der Waals surface area contributed by atoms with Crippen LogP contribution in [0.15, 0.2) is 60.7 Å². The molecule has 1 amide bonds. The Hall–Kier alpha value is -2.75. The molecule has 0 aromatic heterocycles. The summed E-state index contributed by atoms with van der Waals surface area (Å²) in [5.41, 5.74) is 2.64. The van der Waals surface area contributed by atoms with Crippen LogP contribution in [0, 0.1) is 13.8 Å². The van der Waals surface area contributed by atoms with E-state index in [1.54, 1.807) is 7.05 Å². The van der Waals surface area contributed by atoms with Crippen LogP contribution < -0.4 is 5.32 Å². The van der Waals surface area contributed by atoms with E-state index in [0.29, 0.717) is 0 Å². The van der Waals surface area contributed by atoms with E-state index in [1.165, 1.54) is 31.9 Å². The first-order valence-electron chi connectivity index (χ1n) is 7.93. The largest absolute Gasteiger partial charge is 0.359 e. The van der Waals surface area contributed by atoms with Gasteiger partial charge in [-0.05, 0) is 13.8 Å². The first-order valence-corrected chi connectivity index (χ1v) is 7.93. The minimum absolute atomic E-state index is 0.00463. The van der Waals surface area contributed by atoms with E-state index < -0.39 is 0 Å². The van der Waals surface area contributed by atoms with Crippen molar-refractivity contribution in [2.45, 2.75) is 34.6 Å². The number of ketones is 2. The Morgan fingerprint density at radius 3 is 0.960 bits per heavy atom. The number of hydrogen-bond donors (Lipinski definition) is 1. The minimum atomic E-state index is -0.380. The molecule has 0 heterocycles. The Balaban J connectivity index is 0. The molecule has 0 fully saturated rings. The summed E-state index contributed by atoms with van der Waals surface area (Å²) in [5, 5.41) is 2.39. The summed E-state index contributed by atoms with van der Waals surface area (Å²) in [7, 11) is 1.60. The van der Waals surface area contributed by atoms with Crippen LogP contribution in [-0.2, 0) is 14.4 Å². The number of hydrogen-bond acceptors (Lipinski definition) is 3. The van der Waals surface area contributed by atoms with Crippen molar-refractivity contribution in [1.29, 1.82) is 0 Å². The molecule has 0 aliphatic carbocycles. The van der Waals surface area contributed by atoms with Gasteiger partial charge < -0.3 is 5.32 Å². The molecule has 4 heteroatoms. The zero-order chi connectivity index (χ0) is 19.7. The fraction of sp³-hybridized carbons (Fsp3) is 0.286. The summed E-state index contributed by atoms with van der Waals surface area (Å²) >= 11 is 0. The number of aryl methyl sites for hydroxylation is 2. The minimum Gasteiger partial charge on any atom is -0.359 e. The van der Waals surface area contributed by atoms with Crippen LogP contribution >= 0.6 is 0 Å². The molecule has 0 spiro atoms. The maximum atomic E-state index is 9.79. The van der Waals surface area contributed by atoms with Gasteiger partial charge in [-0.2, -0.15) is 0 Å². The van der Waals surface area contributed by atoms with Crippen molar-refractivity contribution in [3.05, 3.63) is 71.8 Å². The molecule has 0 aliphatic heterocycles. The van der Waals surface area contributed by atoms with E-state index in [-0.39, 0.29) is 17.5 Å². The van der Waals surface area contributed by atoms with Crippen LogP contribution in [0.3, 0.4) is 0 Å². The van der Waals surface area contributed by atoms with Crippen LogP contribution in [0.4, 0.5) is 0 Å². The highest BCUT2D eigenvalue weighted by Gasteiger charge is 1.94. The number of rotatable bonds is 1. The Morgan fingerprint density at radius 1 is 0.640 bits per heavy atom. The second-order valence-corrected chi connectivity index (χ2v) is 5.23. The summed E-state index contributed by atoms with van der Waals surface area (Å²) in [6, 6.07) is 20.5. The molecule has 0 bridgehead atoms. The lowest BCUT2D eigenvalue weighted by atomic mass is 10.2. The smallest absolute Gasteiger partial charge is 0.216 e. The van der Waals surface area contributed by atoms with Crippen LogP contribution in [0.1, 0.15) is 31.9 Å². The van der Waals surface area contributed by atoms with Gasteiger partial charge in [-0.1, -0.05) is 71.8 Å². The Bertz CT molecular complexity index is 558. The van der Waals surface area contributed by atoms with Gasteiger partial charge in [0.05, 0.1) is 0 Å². The third kappa shape index (κ3) is 21.2. The molecule has 2 aromatic rings. The molecule has 0 saturated heterocycles. The van der Waals surface area contributed by atoms with Gasteiger partial charge in [0.2, 0.25) is 5.91 Å². The van der Waals surface area contributed by atoms with Gasteiger partial charge in [-0.15, -0.1) is 0 Å². The molecule has 0 radical (unpaired) electrons. The van der Waals surface area contributed by atoms with E-state index >= 15 is 0 Å². The lowest BCUT2D eigenvalue weighted by molar-refractivity contribution is -0.134. The topological polar surface area (TPSA) is 63.2 Å². The van der Waals surface area contributed by atoms with Gasteiger partial charge in [0.15, 0.2) is 11.6 Å². The molecule has 0 unspecified atom stereocenters. The standard InChI is InChI=1S/2C7H8.C4H6O2.C3H7NO/c2*1-7-5-3-2-4-6-7;1-3(5)4(2)6;1-3(5)4-2/h2*2-6H,1H3;1-2H3;1-2H3,(H,4,5). The second kappa shape index (κ2) is 16.1.